The van der Waals surface area contributed by atoms with Gasteiger partial charge in [0.15, 0.2) is 6.10 Å². The third-order valence-corrected chi connectivity index (χ3v) is 6.09. The highest BCUT2D eigenvalue weighted by molar-refractivity contribution is 6.00. The monoisotopic (exact) mass is 433 g/mol. The summed E-state index contributed by atoms with van der Waals surface area (Å²) in [5.74, 6) is 0.756. The number of piperazine rings is 1. The van der Waals surface area contributed by atoms with Crippen molar-refractivity contribution in [1.29, 1.82) is 0 Å². The fraction of sp³-hybridized carbons (Fsp3) is 0.385. The molecule has 2 aromatic rings. The van der Waals surface area contributed by atoms with E-state index in [2.05, 4.69) is 29.2 Å². The van der Waals surface area contributed by atoms with Gasteiger partial charge in [-0.3, -0.25) is 14.5 Å². The number of hydrogen-bond acceptors (Lipinski definition) is 4. The molecule has 0 aliphatic carbocycles. The molecule has 6 nitrogen and oxygen atoms in total. The second kappa shape index (κ2) is 10.5. The molecule has 0 saturated carbocycles. The number of nitrogens with zero attached hydrogens (tertiary/aromatic N) is 3. The molecular weight excluding hydrogens is 402 g/mol. The molecule has 1 saturated heterocycles. The van der Waals surface area contributed by atoms with Crippen LogP contribution in [-0.4, -0.2) is 67.0 Å². The van der Waals surface area contributed by atoms with Gasteiger partial charge < -0.3 is 14.5 Å². The number of hydrogen-bond donors (Lipinski definition) is 0. The second-order valence-corrected chi connectivity index (χ2v) is 8.22. The zero-order valence-electron chi connectivity index (χ0n) is 18.7. The average Bonchev–Trinajstić information content (AvgIpc) is 2.84. The molecule has 4 rings (SSSR count). The first kappa shape index (κ1) is 22.1. The van der Waals surface area contributed by atoms with Crippen molar-refractivity contribution in [3.8, 4) is 5.75 Å². The van der Waals surface area contributed by atoms with E-state index >= 15 is 0 Å². The van der Waals surface area contributed by atoms with Crippen molar-refractivity contribution < 1.29 is 14.3 Å². The van der Waals surface area contributed by atoms with E-state index in [-0.39, 0.29) is 11.8 Å². The number of amides is 2. The summed E-state index contributed by atoms with van der Waals surface area (Å²) in [7, 11) is 0. The van der Waals surface area contributed by atoms with Gasteiger partial charge >= 0.3 is 0 Å². The van der Waals surface area contributed by atoms with Crippen LogP contribution in [0, 0.1) is 0 Å². The molecule has 1 fully saturated rings. The zero-order valence-corrected chi connectivity index (χ0v) is 18.7. The molecule has 0 spiro atoms. The Balaban J connectivity index is 1.26. The van der Waals surface area contributed by atoms with Crippen molar-refractivity contribution >= 4 is 23.6 Å². The summed E-state index contributed by atoms with van der Waals surface area (Å²) in [5.41, 5.74) is 1.95. The van der Waals surface area contributed by atoms with Crippen LogP contribution in [0.2, 0.25) is 0 Å². The van der Waals surface area contributed by atoms with E-state index in [1.807, 2.05) is 54.3 Å². The maximum atomic E-state index is 12.8. The normalized spacial score (nSPS) is 19.2. The molecule has 2 amide bonds. The molecule has 0 aromatic heterocycles. The topological polar surface area (TPSA) is 53.1 Å². The van der Waals surface area contributed by atoms with Gasteiger partial charge in [0.25, 0.3) is 5.91 Å². The van der Waals surface area contributed by atoms with Crippen molar-refractivity contribution in [3.05, 3.63) is 66.2 Å². The van der Waals surface area contributed by atoms with Crippen molar-refractivity contribution in [1.82, 2.24) is 9.80 Å². The Morgan fingerprint density at radius 1 is 1.03 bits per heavy atom. The predicted octanol–water partition coefficient (Wildman–Crippen LogP) is 3.44. The first-order chi connectivity index (χ1) is 15.7. The smallest absolute Gasteiger partial charge is 0.268 e. The summed E-state index contributed by atoms with van der Waals surface area (Å²) in [6, 6.07) is 17.8. The van der Waals surface area contributed by atoms with Gasteiger partial charge in [0.2, 0.25) is 5.91 Å². The third kappa shape index (κ3) is 5.19. The molecule has 2 aliphatic heterocycles. The lowest BCUT2D eigenvalue weighted by atomic mass is 10.1. The van der Waals surface area contributed by atoms with Crippen molar-refractivity contribution in [2.24, 2.45) is 0 Å². The number of carbonyl (C=O) groups is 2. The van der Waals surface area contributed by atoms with Crippen LogP contribution >= 0.6 is 0 Å². The Kier molecular flexibility index (Phi) is 7.22. The van der Waals surface area contributed by atoms with Crippen LogP contribution in [0.4, 0.5) is 5.69 Å². The summed E-state index contributed by atoms with van der Waals surface area (Å²) in [5, 5.41) is 0. The van der Waals surface area contributed by atoms with Crippen LogP contribution < -0.4 is 9.64 Å². The molecule has 6 heteroatoms. The Hall–Kier alpha value is -3.12. The van der Waals surface area contributed by atoms with Crippen molar-refractivity contribution in [2.45, 2.75) is 25.9 Å². The molecule has 0 N–H and O–H groups in total. The van der Waals surface area contributed by atoms with E-state index in [0.29, 0.717) is 25.1 Å². The van der Waals surface area contributed by atoms with Gasteiger partial charge in [-0.05, 0) is 24.1 Å². The molecular formula is C26H31N3O3. The fourth-order valence-corrected chi connectivity index (χ4v) is 4.21. The maximum absolute atomic E-state index is 12.8. The zero-order chi connectivity index (χ0) is 22.3. The first-order valence-corrected chi connectivity index (χ1v) is 11.4. The minimum absolute atomic E-state index is 0.0611. The molecule has 2 aliphatic rings. The Morgan fingerprint density at radius 3 is 2.50 bits per heavy atom. The van der Waals surface area contributed by atoms with Crippen LogP contribution in [0.25, 0.3) is 6.08 Å². The molecule has 1 atom stereocenters. The Bertz CT molecular complexity index is 952. The standard InChI is InChI=1S/C26H31N3O3/c1-2-23-26(31)29(22-12-6-7-13-24(22)32-23)16-14-25(30)28-19-17-27(18-20-28)15-8-11-21-9-4-3-5-10-21/h3-13,23H,2,14-20H2,1H3/b11-8+. The number of anilines is 1. The highest BCUT2D eigenvalue weighted by Crippen LogP contribution is 2.34. The van der Waals surface area contributed by atoms with E-state index in [4.69, 9.17) is 4.74 Å². The Morgan fingerprint density at radius 2 is 1.75 bits per heavy atom. The highest BCUT2D eigenvalue weighted by atomic mass is 16.5. The third-order valence-electron chi connectivity index (χ3n) is 6.09. The number of para-hydroxylation sites is 2. The van der Waals surface area contributed by atoms with Crippen LogP contribution in [0.5, 0.6) is 5.75 Å². The summed E-state index contributed by atoms with van der Waals surface area (Å²) in [4.78, 5) is 31.7. The summed E-state index contributed by atoms with van der Waals surface area (Å²) in [6.07, 6.45) is 4.77. The van der Waals surface area contributed by atoms with Gasteiger partial charge in [-0.1, -0.05) is 61.5 Å². The fourth-order valence-electron chi connectivity index (χ4n) is 4.21. The molecule has 1 unspecified atom stereocenters. The molecule has 0 bridgehead atoms. The lowest BCUT2D eigenvalue weighted by Crippen LogP contribution is -2.50. The van der Waals surface area contributed by atoms with E-state index in [1.165, 1.54) is 5.56 Å². The van der Waals surface area contributed by atoms with Crippen molar-refractivity contribution in [2.75, 3.05) is 44.2 Å². The Labute approximate surface area is 190 Å². The molecule has 32 heavy (non-hydrogen) atoms. The van der Waals surface area contributed by atoms with E-state index in [0.717, 1.165) is 38.4 Å². The summed E-state index contributed by atoms with van der Waals surface area (Å²) in [6.45, 7) is 6.38. The van der Waals surface area contributed by atoms with Gasteiger partial charge in [0.05, 0.1) is 5.69 Å². The van der Waals surface area contributed by atoms with Crippen LogP contribution in [0.15, 0.2) is 60.7 Å². The van der Waals surface area contributed by atoms with E-state index in [9.17, 15) is 9.59 Å². The SMILES string of the molecule is CCC1Oc2ccccc2N(CCC(=O)N2CCN(C/C=C/c3ccccc3)CC2)C1=O. The first-order valence-electron chi connectivity index (χ1n) is 11.4. The largest absolute Gasteiger partial charge is 0.478 e. The number of carbonyl (C=O) groups excluding carboxylic acids is 2. The summed E-state index contributed by atoms with van der Waals surface area (Å²) < 4.78 is 5.82. The van der Waals surface area contributed by atoms with Crippen LogP contribution in [0.1, 0.15) is 25.3 Å². The minimum Gasteiger partial charge on any atom is -0.478 e. The van der Waals surface area contributed by atoms with Gasteiger partial charge in [-0.15, -0.1) is 0 Å². The number of benzene rings is 2. The predicted molar refractivity (Wildman–Crippen MR) is 127 cm³/mol. The lowest BCUT2D eigenvalue weighted by Gasteiger charge is -2.36. The van der Waals surface area contributed by atoms with Crippen molar-refractivity contribution in [3.63, 3.8) is 0 Å². The molecule has 168 valence electrons. The highest BCUT2D eigenvalue weighted by Gasteiger charge is 2.33. The quantitative estimate of drug-likeness (QED) is 0.671. The van der Waals surface area contributed by atoms with Gasteiger partial charge in [0.1, 0.15) is 5.75 Å². The van der Waals surface area contributed by atoms with Crippen LogP contribution in [0.3, 0.4) is 0 Å². The van der Waals surface area contributed by atoms with E-state index in [1.54, 1.807) is 4.90 Å². The maximum Gasteiger partial charge on any atom is 0.268 e. The van der Waals surface area contributed by atoms with Gasteiger partial charge in [0, 0.05) is 45.7 Å². The summed E-state index contributed by atoms with van der Waals surface area (Å²) >= 11 is 0. The lowest BCUT2D eigenvalue weighted by molar-refractivity contribution is -0.132. The van der Waals surface area contributed by atoms with Crippen LogP contribution in [-0.2, 0) is 9.59 Å². The number of fused-ring (bicyclic) bond motifs is 1. The van der Waals surface area contributed by atoms with E-state index < -0.39 is 6.10 Å². The molecule has 2 heterocycles. The minimum atomic E-state index is -0.479. The number of ether oxygens (including phenoxy) is 1. The second-order valence-electron chi connectivity index (χ2n) is 8.22. The molecule has 2 aromatic carbocycles. The molecule has 0 radical (unpaired) electrons. The average molecular weight is 434 g/mol. The van der Waals surface area contributed by atoms with Gasteiger partial charge in [-0.25, -0.2) is 0 Å². The van der Waals surface area contributed by atoms with Gasteiger partial charge in [-0.2, -0.15) is 0 Å². The number of rotatable bonds is 7.